The van der Waals surface area contributed by atoms with Gasteiger partial charge >= 0.3 is 8.25 Å². The van der Waals surface area contributed by atoms with Crippen molar-refractivity contribution in [3.63, 3.8) is 0 Å². The molecule has 0 spiro atoms. The van der Waals surface area contributed by atoms with Gasteiger partial charge in [-0.2, -0.15) is 0 Å². The van der Waals surface area contributed by atoms with E-state index in [1.54, 1.807) is 18.2 Å². The second-order valence-corrected chi connectivity index (χ2v) is 6.74. The van der Waals surface area contributed by atoms with Crippen LogP contribution in [0.1, 0.15) is 16.7 Å². The van der Waals surface area contributed by atoms with Gasteiger partial charge < -0.3 is 18.9 Å². The first-order chi connectivity index (χ1) is 13.2. The van der Waals surface area contributed by atoms with E-state index in [4.69, 9.17) is 18.9 Å². The molecule has 0 aliphatic carbocycles. The zero-order valence-electron chi connectivity index (χ0n) is 14.7. The van der Waals surface area contributed by atoms with E-state index < -0.39 is 8.25 Å². The molecule has 6 heteroatoms. The quantitative estimate of drug-likeness (QED) is 0.540. The Morgan fingerprint density at radius 1 is 0.667 bits per heavy atom. The Labute approximate surface area is 159 Å². The van der Waals surface area contributed by atoms with Crippen molar-refractivity contribution in [1.29, 1.82) is 0 Å². The largest absolute Gasteiger partial charge is 0.489 e. The van der Waals surface area contributed by atoms with Crippen LogP contribution in [0.25, 0.3) is 0 Å². The van der Waals surface area contributed by atoms with Gasteiger partial charge in [-0.25, -0.2) is 0 Å². The summed E-state index contributed by atoms with van der Waals surface area (Å²) in [5.74, 6) is 1.22. The van der Waals surface area contributed by atoms with E-state index in [1.165, 1.54) is 0 Å². The van der Waals surface area contributed by atoms with Crippen LogP contribution in [0.4, 0.5) is 0 Å². The highest BCUT2D eigenvalue weighted by Gasteiger charge is 2.06. The molecule has 0 aliphatic rings. The van der Waals surface area contributed by atoms with Crippen molar-refractivity contribution in [3.8, 4) is 11.5 Å². The molecule has 0 bridgehead atoms. The fourth-order valence-electron chi connectivity index (χ4n) is 2.51. The van der Waals surface area contributed by atoms with Gasteiger partial charge in [-0.15, -0.1) is 0 Å². The third kappa shape index (κ3) is 6.57. The molecular formula is C21H21O5P. The molecule has 140 valence electrons. The lowest BCUT2D eigenvalue weighted by Crippen LogP contribution is -1.99. The van der Waals surface area contributed by atoms with Gasteiger partial charge in [0.1, 0.15) is 24.7 Å². The van der Waals surface area contributed by atoms with Gasteiger partial charge in [0, 0.05) is 6.07 Å². The molecule has 0 radical (unpaired) electrons. The highest BCUT2D eigenvalue weighted by atomic mass is 31.1. The Hall–Kier alpha value is -2.59. The molecule has 0 fully saturated rings. The van der Waals surface area contributed by atoms with Crippen molar-refractivity contribution in [1.82, 2.24) is 0 Å². The van der Waals surface area contributed by atoms with Crippen LogP contribution in [0, 0.1) is 0 Å². The molecule has 0 amide bonds. The fraction of sp³-hybridized carbons (Fsp3) is 0.143. The molecule has 0 aliphatic heterocycles. The Balaban J connectivity index is 1.72. The predicted molar refractivity (Wildman–Crippen MR) is 104 cm³/mol. The number of hydrogen-bond acceptors (Lipinski definition) is 4. The van der Waals surface area contributed by atoms with Gasteiger partial charge in [0.25, 0.3) is 0 Å². The summed E-state index contributed by atoms with van der Waals surface area (Å²) in [5.41, 5.74) is 2.80. The van der Waals surface area contributed by atoms with Crippen molar-refractivity contribution in [2.24, 2.45) is 0 Å². The van der Waals surface area contributed by atoms with Gasteiger partial charge in [-0.1, -0.05) is 60.7 Å². The molecule has 5 nitrogen and oxygen atoms in total. The standard InChI is InChI=1S/C21H21O5P/c22-27(23)26-16-19-11-20(24-14-17-7-3-1-4-8-17)13-21(12-19)25-15-18-9-5-2-6-10-18/h1-13,27H,14-16H2,(H,22,23). The lowest BCUT2D eigenvalue weighted by molar-refractivity contribution is 0.266. The number of benzene rings is 3. The van der Waals surface area contributed by atoms with Crippen LogP contribution in [0.2, 0.25) is 0 Å². The summed E-state index contributed by atoms with van der Waals surface area (Å²) in [6.07, 6.45) is 0. The molecule has 3 rings (SSSR count). The summed E-state index contributed by atoms with van der Waals surface area (Å²) in [5, 5.41) is 0. The smallest absolute Gasteiger partial charge is 0.316 e. The summed E-state index contributed by atoms with van der Waals surface area (Å²) >= 11 is 0. The van der Waals surface area contributed by atoms with Crippen molar-refractivity contribution in [2.75, 3.05) is 0 Å². The molecule has 0 heterocycles. The van der Waals surface area contributed by atoms with E-state index in [2.05, 4.69) is 0 Å². The highest BCUT2D eigenvalue weighted by molar-refractivity contribution is 7.32. The van der Waals surface area contributed by atoms with E-state index in [9.17, 15) is 4.57 Å². The minimum absolute atomic E-state index is 0.0124. The van der Waals surface area contributed by atoms with Gasteiger partial charge in [-0.3, -0.25) is 4.57 Å². The maximum absolute atomic E-state index is 10.9. The molecule has 0 aromatic heterocycles. The molecule has 27 heavy (non-hydrogen) atoms. The number of rotatable bonds is 9. The second kappa shape index (κ2) is 9.93. The topological polar surface area (TPSA) is 65.0 Å². The summed E-state index contributed by atoms with van der Waals surface area (Å²) in [6, 6.07) is 25.0. The van der Waals surface area contributed by atoms with Crippen LogP contribution in [-0.2, 0) is 28.9 Å². The lowest BCUT2D eigenvalue weighted by atomic mass is 10.2. The summed E-state index contributed by atoms with van der Waals surface area (Å²) in [6.45, 7) is 0.846. The summed E-state index contributed by atoms with van der Waals surface area (Å²) < 4.78 is 27.4. The second-order valence-electron chi connectivity index (χ2n) is 5.92. The van der Waals surface area contributed by atoms with Crippen LogP contribution < -0.4 is 9.47 Å². The zero-order valence-corrected chi connectivity index (χ0v) is 15.7. The van der Waals surface area contributed by atoms with Crippen LogP contribution in [0.3, 0.4) is 0 Å². The Morgan fingerprint density at radius 3 is 1.59 bits per heavy atom. The molecule has 1 N–H and O–H groups in total. The first-order valence-electron chi connectivity index (χ1n) is 8.52. The molecule has 0 saturated carbocycles. The van der Waals surface area contributed by atoms with E-state index in [0.29, 0.717) is 30.3 Å². The monoisotopic (exact) mass is 384 g/mol. The van der Waals surface area contributed by atoms with Crippen molar-refractivity contribution in [3.05, 3.63) is 95.6 Å². The van der Waals surface area contributed by atoms with E-state index in [1.807, 2.05) is 60.7 Å². The highest BCUT2D eigenvalue weighted by Crippen LogP contribution is 2.27. The van der Waals surface area contributed by atoms with E-state index in [-0.39, 0.29) is 6.61 Å². The van der Waals surface area contributed by atoms with Gasteiger partial charge in [0.15, 0.2) is 0 Å². The molecule has 3 aromatic rings. The SMILES string of the molecule is O=[PH](O)OCc1cc(OCc2ccccc2)cc(OCc2ccccc2)c1. The van der Waals surface area contributed by atoms with Crippen molar-refractivity contribution >= 4 is 8.25 Å². The minimum Gasteiger partial charge on any atom is -0.489 e. The van der Waals surface area contributed by atoms with Gasteiger partial charge in [0.2, 0.25) is 0 Å². The predicted octanol–water partition coefficient (Wildman–Crippen LogP) is 4.74. The first-order valence-corrected chi connectivity index (χ1v) is 9.78. The number of ether oxygens (including phenoxy) is 2. The average Bonchev–Trinajstić information content (AvgIpc) is 2.71. The van der Waals surface area contributed by atoms with E-state index >= 15 is 0 Å². The van der Waals surface area contributed by atoms with Gasteiger partial charge in [0.05, 0.1) is 6.61 Å². The molecule has 3 aromatic carbocycles. The Morgan fingerprint density at radius 2 is 1.15 bits per heavy atom. The van der Waals surface area contributed by atoms with Gasteiger partial charge in [-0.05, 0) is 28.8 Å². The first kappa shape index (κ1) is 19.2. The molecule has 0 saturated heterocycles. The molecule has 1 atom stereocenters. The minimum atomic E-state index is -3.00. The average molecular weight is 384 g/mol. The normalized spacial score (nSPS) is 11.7. The van der Waals surface area contributed by atoms with Crippen LogP contribution >= 0.6 is 8.25 Å². The lowest BCUT2D eigenvalue weighted by Gasteiger charge is -2.13. The Kier molecular flexibility index (Phi) is 7.05. The third-order valence-corrected chi connectivity index (χ3v) is 4.19. The summed E-state index contributed by atoms with van der Waals surface area (Å²) in [7, 11) is -3.00. The van der Waals surface area contributed by atoms with Crippen molar-refractivity contribution in [2.45, 2.75) is 19.8 Å². The Bertz CT molecular complexity index is 807. The van der Waals surface area contributed by atoms with Crippen LogP contribution in [0.15, 0.2) is 78.9 Å². The van der Waals surface area contributed by atoms with Crippen LogP contribution in [0.5, 0.6) is 11.5 Å². The zero-order chi connectivity index (χ0) is 18.9. The molecule has 1 unspecified atom stereocenters. The number of hydrogen-bond donors (Lipinski definition) is 1. The van der Waals surface area contributed by atoms with Crippen molar-refractivity contribution < 1.29 is 23.5 Å². The fourth-order valence-corrected chi connectivity index (χ4v) is 2.80. The molecular weight excluding hydrogens is 363 g/mol. The maximum atomic E-state index is 10.9. The third-order valence-electron chi connectivity index (χ3n) is 3.80. The summed E-state index contributed by atoms with van der Waals surface area (Å²) in [4.78, 5) is 8.92. The van der Waals surface area contributed by atoms with Crippen LogP contribution in [-0.4, -0.2) is 4.89 Å². The maximum Gasteiger partial charge on any atom is 0.316 e. The van der Waals surface area contributed by atoms with E-state index in [0.717, 1.165) is 11.1 Å².